The van der Waals surface area contributed by atoms with Gasteiger partial charge in [0.2, 0.25) is 5.76 Å². The van der Waals surface area contributed by atoms with Crippen LogP contribution in [0.1, 0.15) is 28.6 Å². The van der Waals surface area contributed by atoms with E-state index in [0.29, 0.717) is 18.7 Å². The number of rotatable bonds is 3. The van der Waals surface area contributed by atoms with Crippen LogP contribution in [0.4, 0.5) is 0 Å². The molecule has 21 heavy (non-hydrogen) atoms. The van der Waals surface area contributed by atoms with Crippen molar-refractivity contribution in [3.63, 3.8) is 0 Å². The van der Waals surface area contributed by atoms with E-state index >= 15 is 0 Å². The molecule has 1 heterocycles. The Balaban J connectivity index is 2.48. The third-order valence-electron chi connectivity index (χ3n) is 3.03. The summed E-state index contributed by atoms with van der Waals surface area (Å²) < 4.78 is 10.6. The van der Waals surface area contributed by atoms with Gasteiger partial charge in [-0.2, -0.15) is 0 Å². The van der Waals surface area contributed by atoms with Crippen molar-refractivity contribution in [1.29, 1.82) is 0 Å². The number of hydrogen-bond donors (Lipinski definition) is 0. The van der Waals surface area contributed by atoms with Gasteiger partial charge in [-0.05, 0) is 40.1 Å². The van der Waals surface area contributed by atoms with Crippen molar-refractivity contribution >= 4 is 16.9 Å². The number of hydrogen-bond acceptors (Lipinski definition) is 4. The van der Waals surface area contributed by atoms with Gasteiger partial charge in [-0.15, -0.1) is 0 Å². The molecule has 0 aliphatic heterocycles. The molecule has 0 radical (unpaired) electrons. The third kappa shape index (κ3) is 3.26. The lowest BCUT2D eigenvalue weighted by Gasteiger charge is -2.01. The summed E-state index contributed by atoms with van der Waals surface area (Å²) in [6.45, 7) is 4.63. The highest BCUT2D eigenvalue weighted by atomic mass is 16.5. The van der Waals surface area contributed by atoms with Crippen molar-refractivity contribution in [3.05, 3.63) is 35.1 Å². The molecule has 0 saturated carbocycles. The molecule has 0 saturated heterocycles. The fourth-order valence-corrected chi connectivity index (χ4v) is 2.09. The minimum atomic E-state index is -0.432. The van der Waals surface area contributed by atoms with E-state index in [1.165, 1.54) is 0 Å². The second kappa shape index (κ2) is 6.47. The maximum absolute atomic E-state index is 11.9. The normalized spacial score (nSPS) is 10.5. The number of benzene rings is 1. The predicted octanol–water partition coefficient (Wildman–Crippen LogP) is 2.83. The number of nitrogens with zero attached hydrogens (tertiary/aromatic N) is 1. The molecule has 1 aromatic heterocycles. The monoisotopic (exact) mass is 285 g/mol. The molecule has 2 aromatic rings. The number of carbonyl (C=O) groups is 1. The van der Waals surface area contributed by atoms with E-state index in [1.54, 1.807) is 6.92 Å². The van der Waals surface area contributed by atoms with Crippen molar-refractivity contribution < 1.29 is 13.9 Å². The first kappa shape index (κ1) is 15.1. The first-order chi connectivity index (χ1) is 10.0. The van der Waals surface area contributed by atoms with Crippen LogP contribution in [0.3, 0.4) is 0 Å². The van der Waals surface area contributed by atoms with E-state index in [1.807, 2.05) is 44.1 Å². The first-order valence-corrected chi connectivity index (χ1v) is 6.87. The van der Waals surface area contributed by atoms with Crippen LogP contribution >= 0.6 is 0 Å². The Kier molecular flexibility index (Phi) is 4.66. The van der Waals surface area contributed by atoms with E-state index in [4.69, 9.17) is 9.15 Å². The summed E-state index contributed by atoms with van der Waals surface area (Å²) in [5.41, 5.74) is 2.30. The van der Waals surface area contributed by atoms with E-state index < -0.39 is 5.97 Å². The van der Waals surface area contributed by atoms with Crippen molar-refractivity contribution in [2.45, 2.75) is 13.8 Å². The van der Waals surface area contributed by atoms with Gasteiger partial charge in [0.25, 0.3) is 0 Å². The molecule has 0 aliphatic rings. The van der Waals surface area contributed by atoms with Crippen molar-refractivity contribution in [3.8, 4) is 11.8 Å². The lowest BCUT2D eigenvalue weighted by atomic mass is 10.1. The smallest absolute Gasteiger partial charge is 0.374 e. The summed E-state index contributed by atoms with van der Waals surface area (Å²) in [4.78, 5) is 13.9. The fourth-order valence-electron chi connectivity index (χ4n) is 2.09. The number of esters is 1. The molecule has 0 aliphatic carbocycles. The standard InChI is InChI=1S/C17H19NO3/c1-5-20-17(19)16-12(2)15-13(9-7-11-18(3)4)8-6-10-14(15)21-16/h6,8,10H,5,11H2,1-4H3. The molecule has 2 rings (SSSR count). The van der Waals surface area contributed by atoms with Gasteiger partial charge in [0.05, 0.1) is 13.2 Å². The SMILES string of the molecule is CCOC(=O)c1oc2cccc(C#CCN(C)C)c2c1C. The summed E-state index contributed by atoms with van der Waals surface area (Å²) in [5.74, 6) is 6.07. The third-order valence-corrected chi connectivity index (χ3v) is 3.03. The minimum Gasteiger partial charge on any atom is -0.460 e. The summed E-state index contributed by atoms with van der Waals surface area (Å²) in [6.07, 6.45) is 0. The molecule has 1 aromatic carbocycles. The number of fused-ring (bicyclic) bond motifs is 1. The highest BCUT2D eigenvalue weighted by molar-refractivity contribution is 5.98. The Morgan fingerprint density at radius 2 is 2.14 bits per heavy atom. The van der Waals surface area contributed by atoms with Crippen LogP contribution in [0.2, 0.25) is 0 Å². The lowest BCUT2D eigenvalue weighted by molar-refractivity contribution is 0.0491. The second-order valence-electron chi connectivity index (χ2n) is 4.99. The maximum atomic E-state index is 11.9. The average molecular weight is 285 g/mol. The highest BCUT2D eigenvalue weighted by Crippen LogP contribution is 2.28. The molecular weight excluding hydrogens is 266 g/mol. The van der Waals surface area contributed by atoms with E-state index in [-0.39, 0.29) is 5.76 Å². The molecule has 4 heteroatoms. The van der Waals surface area contributed by atoms with Crippen LogP contribution < -0.4 is 0 Å². The Morgan fingerprint density at radius 1 is 1.38 bits per heavy atom. The molecule has 4 nitrogen and oxygen atoms in total. The van der Waals surface area contributed by atoms with Crippen LogP contribution in [0, 0.1) is 18.8 Å². The second-order valence-corrected chi connectivity index (χ2v) is 4.99. The Hall–Kier alpha value is -2.25. The van der Waals surface area contributed by atoms with E-state index in [2.05, 4.69) is 11.8 Å². The van der Waals surface area contributed by atoms with Gasteiger partial charge < -0.3 is 9.15 Å². The Labute approximate surface area is 124 Å². The van der Waals surface area contributed by atoms with Crippen LogP contribution in [0.25, 0.3) is 11.0 Å². The molecular formula is C17H19NO3. The van der Waals surface area contributed by atoms with E-state index in [0.717, 1.165) is 16.5 Å². The molecule has 0 amide bonds. The maximum Gasteiger partial charge on any atom is 0.374 e. The van der Waals surface area contributed by atoms with E-state index in [9.17, 15) is 4.79 Å². The van der Waals surface area contributed by atoms with Crippen molar-refractivity contribution in [1.82, 2.24) is 4.90 Å². The summed E-state index contributed by atoms with van der Waals surface area (Å²) in [7, 11) is 3.94. The first-order valence-electron chi connectivity index (χ1n) is 6.87. The molecule has 0 fully saturated rings. The van der Waals surface area contributed by atoms with Gasteiger partial charge in [-0.25, -0.2) is 4.79 Å². The zero-order valence-electron chi connectivity index (χ0n) is 12.8. The van der Waals surface area contributed by atoms with Crippen molar-refractivity contribution in [2.75, 3.05) is 27.2 Å². The summed E-state index contributed by atoms with van der Waals surface area (Å²) >= 11 is 0. The Bertz CT molecular complexity index is 717. The summed E-state index contributed by atoms with van der Waals surface area (Å²) in [5, 5.41) is 0.881. The molecule has 110 valence electrons. The van der Waals surface area contributed by atoms with Gasteiger partial charge in [-0.1, -0.05) is 17.9 Å². The van der Waals surface area contributed by atoms with Crippen LogP contribution in [-0.4, -0.2) is 38.1 Å². The number of carbonyl (C=O) groups excluding carboxylic acids is 1. The van der Waals surface area contributed by atoms with Crippen molar-refractivity contribution in [2.24, 2.45) is 0 Å². The quantitative estimate of drug-likeness (QED) is 0.642. The van der Waals surface area contributed by atoms with Gasteiger partial charge in [0.1, 0.15) is 5.58 Å². The zero-order chi connectivity index (χ0) is 15.4. The molecule has 0 bridgehead atoms. The van der Waals surface area contributed by atoms with Crippen LogP contribution in [-0.2, 0) is 4.74 Å². The zero-order valence-corrected chi connectivity index (χ0v) is 12.8. The molecule has 0 spiro atoms. The van der Waals surface area contributed by atoms with Crippen LogP contribution in [0.5, 0.6) is 0 Å². The van der Waals surface area contributed by atoms with Crippen LogP contribution in [0.15, 0.2) is 22.6 Å². The van der Waals surface area contributed by atoms with Gasteiger partial charge in [0.15, 0.2) is 0 Å². The largest absolute Gasteiger partial charge is 0.460 e. The fraction of sp³-hybridized carbons (Fsp3) is 0.353. The Morgan fingerprint density at radius 3 is 2.81 bits per heavy atom. The van der Waals surface area contributed by atoms with Gasteiger partial charge in [-0.3, -0.25) is 4.90 Å². The highest BCUT2D eigenvalue weighted by Gasteiger charge is 2.19. The molecule has 0 atom stereocenters. The number of ether oxygens (including phenoxy) is 1. The molecule has 0 N–H and O–H groups in total. The predicted molar refractivity (Wildman–Crippen MR) is 82.3 cm³/mol. The lowest BCUT2D eigenvalue weighted by Crippen LogP contribution is -2.10. The number of aryl methyl sites for hydroxylation is 1. The van der Waals surface area contributed by atoms with Gasteiger partial charge in [0, 0.05) is 16.5 Å². The topological polar surface area (TPSA) is 42.7 Å². The minimum absolute atomic E-state index is 0.258. The average Bonchev–Trinajstić information content (AvgIpc) is 2.77. The number of furan rings is 1. The molecule has 0 unspecified atom stereocenters. The summed E-state index contributed by atoms with van der Waals surface area (Å²) in [6, 6.07) is 5.64. The van der Waals surface area contributed by atoms with Gasteiger partial charge >= 0.3 is 5.97 Å².